The van der Waals surface area contributed by atoms with E-state index in [0.717, 1.165) is 33.6 Å². The Morgan fingerprint density at radius 1 is 1.09 bits per heavy atom. The molecule has 0 unspecified atom stereocenters. The summed E-state index contributed by atoms with van der Waals surface area (Å²) in [5.41, 5.74) is 0.963. The highest BCUT2D eigenvalue weighted by molar-refractivity contribution is 5.99. The zero-order valence-electron chi connectivity index (χ0n) is 13.4. The van der Waals surface area contributed by atoms with Crippen molar-refractivity contribution in [1.29, 1.82) is 0 Å². The van der Waals surface area contributed by atoms with Crippen LogP contribution in [-0.4, -0.2) is 33.8 Å². The van der Waals surface area contributed by atoms with Gasteiger partial charge in [-0.25, -0.2) is 0 Å². The second kappa shape index (κ2) is 7.02. The van der Waals surface area contributed by atoms with Crippen LogP contribution in [0.25, 0.3) is 10.8 Å². The molecule has 2 aromatic rings. The summed E-state index contributed by atoms with van der Waals surface area (Å²) in [6.07, 6.45) is 0.646. The van der Waals surface area contributed by atoms with Gasteiger partial charge in [0.05, 0.1) is 26.7 Å². The minimum atomic E-state index is -0.0516. The molecule has 1 amide bonds. The van der Waals surface area contributed by atoms with Crippen LogP contribution in [0.15, 0.2) is 24.3 Å². The van der Waals surface area contributed by atoms with Crippen LogP contribution in [0.1, 0.15) is 12.5 Å². The van der Waals surface area contributed by atoms with E-state index >= 15 is 0 Å². The highest BCUT2D eigenvalue weighted by Crippen LogP contribution is 2.41. The van der Waals surface area contributed by atoms with Gasteiger partial charge < -0.3 is 19.5 Å². The molecular weight excluding hydrogens is 282 g/mol. The number of rotatable bonds is 6. The van der Waals surface area contributed by atoms with Crippen molar-refractivity contribution in [3.63, 3.8) is 0 Å². The third-order valence-corrected chi connectivity index (χ3v) is 3.53. The largest absolute Gasteiger partial charge is 0.496 e. The van der Waals surface area contributed by atoms with Crippen molar-refractivity contribution >= 4 is 16.7 Å². The van der Waals surface area contributed by atoms with E-state index in [2.05, 4.69) is 5.32 Å². The fourth-order valence-electron chi connectivity index (χ4n) is 2.56. The summed E-state index contributed by atoms with van der Waals surface area (Å²) in [5, 5.41) is 4.60. The SMILES string of the molecule is COc1cc(CCNC(C)=O)c(OC)c2c(OC)cccc12. The van der Waals surface area contributed by atoms with Gasteiger partial charge in [-0.2, -0.15) is 0 Å². The summed E-state index contributed by atoms with van der Waals surface area (Å²) in [6.45, 7) is 2.04. The Morgan fingerprint density at radius 2 is 1.82 bits per heavy atom. The fraction of sp³-hybridized carbons (Fsp3) is 0.353. The molecule has 2 rings (SSSR count). The van der Waals surface area contributed by atoms with Gasteiger partial charge >= 0.3 is 0 Å². The molecule has 2 aromatic carbocycles. The lowest BCUT2D eigenvalue weighted by Crippen LogP contribution is -2.22. The number of ether oxygens (including phenoxy) is 3. The molecular formula is C17H21NO4. The molecule has 1 N–H and O–H groups in total. The molecule has 0 aliphatic rings. The summed E-state index contributed by atoms with van der Waals surface area (Å²) in [5.74, 6) is 2.18. The molecule has 0 aliphatic carbocycles. The van der Waals surface area contributed by atoms with E-state index in [4.69, 9.17) is 14.2 Å². The Hall–Kier alpha value is -2.43. The van der Waals surface area contributed by atoms with E-state index in [1.165, 1.54) is 6.92 Å². The highest BCUT2D eigenvalue weighted by atomic mass is 16.5. The predicted octanol–water partition coefficient (Wildman–Crippen LogP) is 2.54. The molecule has 0 aromatic heterocycles. The average molecular weight is 303 g/mol. The standard InChI is InChI=1S/C17H21NO4/c1-11(19)18-9-8-12-10-15(21-3)13-6-5-7-14(20-2)16(13)17(12)22-4/h5-7,10H,8-9H2,1-4H3,(H,18,19). The minimum Gasteiger partial charge on any atom is -0.496 e. The number of nitrogens with one attached hydrogen (secondary N) is 1. The molecule has 0 fully saturated rings. The van der Waals surface area contributed by atoms with Gasteiger partial charge in [-0.05, 0) is 18.6 Å². The normalized spacial score (nSPS) is 10.4. The molecule has 5 heteroatoms. The Bertz CT molecular complexity index is 682. The molecule has 0 heterocycles. The smallest absolute Gasteiger partial charge is 0.216 e. The summed E-state index contributed by atoms with van der Waals surface area (Å²) in [7, 11) is 4.90. The van der Waals surface area contributed by atoms with Gasteiger partial charge in [0.25, 0.3) is 0 Å². The van der Waals surface area contributed by atoms with E-state index in [1.807, 2.05) is 24.3 Å². The number of carbonyl (C=O) groups excluding carboxylic acids is 1. The van der Waals surface area contributed by atoms with Crippen molar-refractivity contribution in [2.45, 2.75) is 13.3 Å². The lowest BCUT2D eigenvalue weighted by Gasteiger charge is -2.17. The number of hydrogen-bond acceptors (Lipinski definition) is 4. The Morgan fingerprint density at radius 3 is 2.41 bits per heavy atom. The van der Waals surface area contributed by atoms with Crippen LogP contribution in [-0.2, 0) is 11.2 Å². The monoisotopic (exact) mass is 303 g/mol. The molecule has 0 saturated heterocycles. The van der Waals surface area contributed by atoms with Gasteiger partial charge in [0.1, 0.15) is 17.2 Å². The second-order valence-corrected chi connectivity index (χ2v) is 4.89. The molecule has 0 saturated carbocycles. The minimum absolute atomic E-state index is 0.0516. The predicted molar refractivity (Wildman–Crippen MR) is 86.0 cm³/mol. The zero-order chi connectivity index (χ0) is 16.1. The molecule has 0 radical (unpaired) electrons. The molecule has 22 heavy (non-hydrogen) atoms. The fourth-order valence-corrected chi connectivity index (χ4v) is 2.56. The van der Waals surface area contributed by atoms with Crippen LogP contribution in [0.4, 0.5) is 0 Å². The Labute approximate surface area is 130 Å². The van der Waals surface area contributed by atoms with Crippen LogP contribution < -0.4 is 19.5 Å². The quantitative estimate of drug-likeness (QED) is 0.891. The average Bonchev–Trinajstić information content (AvgIpc) is 2.52. The topological polar surface area (TPSA) is 56.8 Å². The highest BCUT2D eigenvalue weighted by Gasteiger charge is 2.16. The first-order chi connectivity index (χ1) is 10.6. The molecule has 118 valence electrons. The van der Waals surface area contributed by atoms with E-state index in [9.17, 15) is 4.79 Å². The van der Waals surface area contributed by atoms with Crippen molar-refractivity contribution in [2.24, 2.45) is 0 Å². The van der Waals surface area contributed by atoms with Crippen LogP contribution in [0.3, 0.4) is 0 Å². The van der Waals surface area contributed by atoms with E-state index < -0.39 is 0 Å². The molecule has 0 bridgehead atoms. The van der Waals surface area contributed by atoms with Gasteiger partial charge in [0.2, 0.25) is 5.91 Å². The number of methoxy groups -OCH3 is 3. The summed E-state index contributed by atoms with van der Waals surface area (Å²) >= 11 is 0. The number of benzene rings is 2. The number of carbonyl (C=O) groups is 1. The number of hydrogen-bond donors (Lipinski definition) is 1. The third kappa shape index (κ3) is 3.08. The Balaban J connectivity index is 2.58. The first kappa shape index (κ1) is 15.9. The molecule has 0 spiro atoms. The third-order valence-electron chi connectivity index (χ3n) is 3.53. The van der Waals surface area contributed by atoms with Gasteiger partial charge in [-0.1, -0.05) is 12.1 Å². The maximum absolute atomic E-state index is 11.0. The molecule has 0 atom stereocenters. The molecule has 5 nitrogen and oxygen atoms in total. The van der Waals surface area contributed by atoms with Crippen molar-refractivity contribution in [3.8, 4) is 17.2 Å². The zero-order valence-corrected chi connectivity index (χ0v) is 13.4. The van der Waals surface area contributed by atoms with Gasteiger partial charge in [-0.15, -0.1) is 0 Å². The van der Waals surface area contributed by atoms with Crippen molar-refractivity contribution < 1.29 is 19.0 Å². The maximum atomic E-state index is 11.0. The van der Waals surface area contributed by atoms with Crippen LogP contribution in [0, 0.1) is 0 Å². The van der Waals surface area contributed by atoms with E-state index in [1.54, 1.807) is 21.3 Å². The summed E-state index contributed by atoms with van der Waals surface area (Å²) in [6, 6.07) is 7.72. The van der Waals surface area contributed by atoms with Crippen LogP contribution in [0.5, 0.6) is 17.2 Å². The van der Waals surface area contributed by atoms with Crippen molar-refractivity contribution in [2.75, 3.05) is 27.9 Å². The maximum Gasteiger partial charge on any atom is 0.216 e. The van der Waals surface area contributed by atoms with Crippen molar-refractivity contribution in [1.82, 2.24) is 5.32 Å². The lowest BCUT2D eigenvalue weighted by molar-refractivity contribution is -0.118. The first-order valence-corrected chi connectivity index (χ1v) is 7.07. The summed E-state index contributed by atoms with van der Waals surface area (Å²) < 4.78 is 16.6. The summed E-state index contributed by atoms with van der Waals surface area (Å²) in [4.78, 5) is 11.0. The van der Waals surface area contributed by atoms with Crippen LogP contribution in [0.2, 0.25) is 0 Å². The first-order valence-electron chi connectivity index (χ1n) is 7.07. The molecule has 0 aliphatic heterocycles. The second-order valence-electron chi connectivity index (χ2n) is 4.89. The van der Waals surface area contributed by atoms with E-state index in [-0.39, 0.29) is 5.91 Å². The van der Waals surface area contributed by atoms with Crippen molar-refractivity contribution in [3.05, 3.63) is 29.8 Å². The van der Waals surface area contributed by atoms with Crippen LogP contribution >= 0.6 is 0 Å². The lowest BCUT2D eigenvalue weighted by atomic mass is 10.0. The number of amides is 1. The van der Waals surface area contributed by atoms with Gasteiger partial charge in [-0.3, -0.25) is 4.79 Å². The van der Waals surface area contributed by atoms with Gasteiger partial charge in [0, 0.05) is 24.4 Å². The van der Waals surface area contributed by atoms with E-state index in [0.29, 0.717) is 13.0 Å². The van der Waals surface area contributed by atoms with Gasteiger partial charge in [0.15, 0.2) is 0 Å². The Kier molecular flexibility index (Phi) is 5.09. The number of fused-ring (bicyclic) bond motifs is 1.